The number of carbonyl (C=O) groups excluding carboxylic acids is 1. The Morgan fingerprint density at radius 3 is 2.68 bits per heavy atom. The summed E-state index contributed by atoms with van der Waals surface area (Å²) in [5.74, 6) is 0.273. The first-order chi connectivity index (χ1) is 9.02. The van der Waals surface area contributed by atoms with Crippen molar-refractivity contribution in [2.45, 2.75) is 26.3 Å². The molecule has 106 valence electrons. The minimum atomic E-state index is -0.132. The Morgan fingerprint density at radius 1 is 1.47 bits per heavy atom. The van der Waals surface area contributed by atoms with Crippen molar-refractivity contribution in [2.24, 2.45) is 0 Å². The van der Waals surface area contributed by atoms with Crippen LogP contribution < -0.4 is 10.5 Å². The first-order valence-electron chi connectivity index (χ1n) is 6.37. The molecule has 5 heteroatoms. The number of nitrogens with two attached hydrogens (primary N) is 1. The van der Waals surface area contributed by atoms with Gasteiger partial charge in [0.2, 0.25) is 0 Å². The van der Waals surface area contributed by atoms with E-state index in [0.29, 0.717) is 30.0 Å². The topological polar surface area (TPSA) is 75.8 Å². The van der Waals surface area contributed by atoms with Crippen LogP contribution in [0, 0.1) is 0 Å². The molecule has 0 spiro atoms. The summed E-state index contributed by atoms with van der Waals surface area (Å²) >= 11 is 0. The standard InChI is InChI=1S/C14H22N2O3/c1-10(2)16(8-5-9-17)14(18)11-6-4-7-12(15)13(11)19-3/h4,6-7,10,17H,5,8-9,15H2,1-3H3. The summed E-state index contributed by atoms with van der Waals surface area (Å²) < 4.78 is 5.21. The van der Waals surface area contributed by atoms with Gasteiger partial charge in [0.15, 0.2) is 5.75 Å². The molecule has 0 bridgehead atoms. The zero-order chi connectivity index (χ0) is 14.4. The lowest BCUT2D eigenvalue weighted by Gasteiger charge is -2.27. The van der Waals surface area contributed by atoms with Crippen molar-refractivity contribution in [3.8, 4) is 5.75 Å². The molecule has 3 N–H and O–H groups in total. The number of para-hydroxylation sites is 1. The SMILES string of the molecule is COc1c(N)cccc1C(=O)N(CCCO)C(C)C. The molecule has 0 radical (unpaired) electrons. The summed E-state index contributed by atoms with van der Waals surface area (Å²) in [4.78, 5) is 14.2. The fourth-order valence-electron chi connectivity index (χ4n) is 1.94. The van der Waals surface area contributed by atoms with Crippen LogP contribution in [0.3, 0.4) is 0 Å². The summed E-state index contributed by atoms with van der Waals surface area (Å²) in [6.45, 7) is 4.44. The van der Waals surface area contributed by atoms with Crippen LogP contribution in [0.25, 0.3) is 0 Å². The van der Waals surface area contributed by atoms with Gasteiger partial charge in [-0.1, -0.05) is 6.07 Å². The molecule has 0 atom stereocenters. The van der Waals surface area contributed by atoms with Crippen LogP contribution in [0.1, 0.15) is 30.6 Å². The van der Waals surface area contributed by atoms with Crippen LogP contribution in [0.5, 0.6) is 5.75 Å². The number of carbonyl (C=O) groups is 1. The highest BCUT2D eigenvalue weighted by molar-refractivity contribution is 5.98. The van der Waals surface area contributed by atoms with Crippen molar-refractivity contribution >= 4 is 11.6 Å². The third kappa shape index (κ3) is 3.61. The highest BCUT2D eigenvalue weighted by atomic mass is 16.5. The Kier molecular flexibility index (Phi) is 5.63. The second-order valence-corrected chi connectivity index (χ2v) is 4.60. The van der Waals surface area contributed by atoms with E-state index in [2.05, 4.69) is 0 Å². The number of methoxy groups -OCH3 is 1. The van der Waals surface area contributed by atoms with Crippen LogP contribution in [-0.4, -0.2) is 42.2 Å². The zero-order valence-electron chi connectivity index (χ0n) is 11.7. The van der Waals surface area contributed by atoms with Crippen molar-refractivity contribution in [1.29, 1.82) is 0 Å². The van der Waals surface area contributed by atoms with E-state index in [1.165, 1.54) is 7.11 Å². The molecule has 1 amide bonds. The number of rotatable bonds is 6. The third-order valence-corrected chi connectivity index (χ3v) is 2.92. The fraction of sp³-hybridized carbons (Fsp3) is 0.500. The molecular weight excluding hydrogens is 244 g/mol. The predicted molar refractivity (Wildman–Crippen MR) is 75.3 cm³/mol. The molecule has 0 fully saturated rings. The van der Waals surface area contributed by atoms with Gasteiger partial charge in [-0.2, -0.15) is 0 Å². The number of nitrogen functional groups attached to an aromatic ring is 1. The van der Waals surface area contributed by atoms with E-state index in [-0.39, 0.29) is 18.6 Å². The minimum absolute atomic E-state index is 0.0465. The summed E-state index contributed by atoms with van der Waals surface area (Å²) in [7, 11) is 1.50. The molecule has 1 aromatic rings. The van der Waals surface area contributed by atoms with Gasteiger partial charge in [0.25, 0.3) is 5.91 Å². The van der Waals surface area contributed by atoms with E-state index < -0.39 is 0 Å². The number of ether oxygens (including phenoxy) is 1. The highest BCUT2D eigenvalue weighted by Crippen LogP contribution is 2.27. The maximum Gasteiger partial charge on any atom is 0.257 e. The van der Waals surface area contributed by atoms with E-state index >= 15 is 0 Å². The first-order valence-corrected chi connectivity index (χ1v) is 6.37. The van der Waals surface area contributed by atoms with Gasteiger partial charge in [-0.3, -0.25) is 4.79 Å². The van der Waals surface area contributed by atoms with E-state index in [9.17, 15) is 4.79 Å². The van der Waals surface area contributed by atoms with E-state index in [0.717, 1.165) is 0 Å². The molecule has 5 nitrogen and oxygen atoms in total. The molecule has 0 aromatic heterocycles. The molecule has 0 heterocycles. The number of anilines is 1. The van der Waals surface area contributed by atoms with E-state index in [4.69, 9.17) is 15.6 Å². The summed E-state index contributed by atoms with van der Waals surface area (Å²) in [5.41, 5.74) is 6.71. The minimum Gasteiger partial charge on any atom is -0.494 e. The van der Waals surface area contributed by atoms with Gasteiger partial charge in [0.05, 0.1) is 18.4 Å². The van der Waals surface area contributed by atoms with Crippen LogP contribution in [0.15, 0.2) is 18.2 Å². The zero-order valence-corrected chi connectivity index (χ0v) is 11.7. The average Bonchev–Trinajstić information content (AvgIpc) is 2.38. The molecule has 0 aliphatic heterocycles. The first kappa shape index (κ1) is 15.3. The normalized spacial score (nSPS) is 10.6. The van der Waals surface area contributed by atoms with Crippen LogP contribution >= 0.6 is 0 Å². The van der Waals surface area contributed by atoms with Crippen LogP contribution in [-0.2, 0) is 0 Å². The molecule has 0 saturated carbocycles. The van der Waals surface area contributed by atoms with Gasteiger partial charge in [0, 0.05) is 19.2 Å². The molecule has 1 rings (SSSR count). The smallest absolute Gasteiger partial charge is 0.257 e. The Balaban J connectivity index is 3.06. The fourth-order valence-corrected chi connectivity index (χ4v) is 1.94. The predicted octanol–water partition coefficient (Wildman–Crippen LogP) is 1.51. The average molecular weight is 266 g/mol. The number of nitrogens with zero attached hydrogens (tertiary/aromatic N) is 1. The molecule has 0 aliphatic rings. The van der Waals surface area contributed by atoms with E-state index in [1.54, 1.807) is 23.1 Å². The van der Waals surface area contributed by atoms with Gasteiger partial charge in [-0.15, -0.1) is 0 Å². The molecule has 0 saturated heterocycles. The second-order valence-electron chi connectivity index (χ2n) is 4.60. The summed E-state index contributed by atoms with van der Waals surface area (Å²) in [5, 5.41) is 8.91. The highest BCUT2D eigenvalue weighted by Gasteiger charge is 2.22. The number of amides is 1. The second kappa shape index (κ2) is 6.99. The monoisotopic (exact) mass is 266 g/mol. The Bertz CT molecular complexity index is 433. The van der Waals surface area contributed by atoms with Gasteiger partial charge < -0.3 is 20.5 Å². The molecule has 0 unspecified atom stereocenters. The number of hydrogen-bond donors (Lipinski definition) is 2. The van der Waals surface area contributed by atoms with Crippen molar-refractivity contribution in [1.82, 2.24) is 4.90 Å². The van der Waals surface area contributed by atoms with Gasteiger partial charge in [0.1, 0.15) is 0 Å². The van der Waals surface area contributed by atoms with Crippen LogP contribution in [0.4, 0.5) is 5.69 Å². The molecule has 19 heavy (non-hydrogen) atoms. The maximum atomic E-state index is 12.5. The largest absolute Gasteiger partial charge is 0.494 e. The lowest BCUT2D eigenvalue weighted by molar-refractivity contribution is 0.0690. The lowest BCUT2D eigenvalue weighted by atomic mass is 10.1. The Labute approximate surface area is 114 Å². The quantitative estimate of drug-likeness (QED) is 0.765. The molecular formula is C14H22N2O3. The maximum absolute atomic E-state index is 12.5. The van der Waals surface area contributed by atoms with Crippen LogP contribution in [0.2, 0.25) is 0 Å². The van der Waals surface area contributed by atoms with Gasteiger partial charge >= 0.3 is 0 Å². The molecule has 1 aromatic carbocycles. The van der Waals surface area contributed by atoms with Crippen molar-refractivity contribution in [3.63, 3.8) is 0 Å². The van der Waals surface area contributed by atoms with Crippen molar-refractivity contribution < 1.29 is 14.6 Å². The lowest BCUT2D eigenvalue weighted by Crippen LogP contribution is -2.38. The number of benzene rings is 1. The number of aliphatic hydroxyl groups excluding tert-OH is 1. The Hall–Kier alpha value is -1.75. The summed E-state index contributed by atoms with van der Waals surface area (Å²) in [6.07, 6.45) is 0.550. The number of hydrogen-bond acceptors (Lipinski definition) is 4. The molecule has 0 aliphatic carbocycles. The third-order valence-electron chi connectivity index (χ3n) is 2.92. The summed E-state index contributed by atoms with van der Waals surface area (Å²) in [6, 6.07) is 5.18. The van der Waals surface area contributed by atoms with Gasteiger partial charge in [-0.05, 0) is 32.4 Å². The Morgan fingerprint density at radius 2 is 2.16 bits per heavy atom. The van der Waals surface area contributed by atoms with Crippen molar-refractivity contribution in [2.75, 3.05) is 26.0 Å². The number of aliphatic hydroxyl groups is 1. The van der Waals surface area contributed by atoms with Crippen molar-refractivity contribution in [3.05, 3.63) is 23.8 Å². The van der Waals surface area contributed by atoms with E-state index in [1.807, 2.05) is 13.8 Å². The van der Waals surface area contributed by atoms with Gasteiger partial charge in [-0.25, -0.2) is 0 Å².